The Labute approximate surface area is 99.0 Å². The van der Waals surface area contributed by atoms with E-state index in [0.717, 1.165) is 12.4 Å². The maximum Gasteiger partial charge on any atom is 0.122 e. The molecule has 1 aromatic carbocycles. The van der Waals surface area contributed by atoms with Crippen LogP contribution in [0.5, 0.6) is 5.75 Å². The fraction of sp³-hybridized carbons (Fsp3) is 0.500. The molecule has 1 atom stereocenters. The Kier molecular flexibility index (Phi) is 3.67. The monoisotopic (exact) mass is 302 g/mol. The molecule has 0 bridgehead atoms. The van der Waals surface area contributed by atoms with Gasteiger partial charge in [0.05, 0.1) is 6.61 Å². The lowest BCUT2D eigenvalue weighted by Crippen LogP contribution is -1.98. The summed E-state index contributed by atoms with van der Waals surface area (Å²) in [6.07, 6.45) is 3.75. The van der Waals surface area contributed by atoms with Crippen molar-refractivity contribution in [2.45, 2.75) is 25.2 Å². The van der Waals surface area contributed by atoms with Crippen molar-refractivity contribution in [3.8, 4) is 5.75 Å². The van der Waals surface area contributed by atoms with Crippen molar-refractivity contribution >= 4 is 22.6 Å². The Hall–Kier alpha value is -0.250. The highest BCUT2D eigenvalue weighted by Crippen LogP contribution is 2.35. The van der Waals surface area contributed by atoms with E-state index in [9.17, 15) is 0 Å². The number of benzene rings is 1. The molecule has 0 fully saturated rings. The van der Waals surface area contributed by atoms with E-state index in [1.165, 1.54) is 29.3 Å². The summed E-state index contributed by atoms with van der Waals surface area (Å²) >= 11 is 2.46. The van der Waals surface area contributed by atoms with E-state index >= 15 is 0 Å². The highest BCUT2D eigenvalue weighted by molar-refractivity contribution is 14.1. The van der Waals surface area contributed by atoms with Crippen LogP contribution in [-0.2, 0) is 0 Å². The van der Waals surface area contributed by atoms with Gasteiger partial charge >= 0.3 is 0 Å². The summed E-state index contributed by atoms with van der Waals surface area (Å²) in [7, 11) is 0. The first kappa shape index (κ1) is 10.3. The smallest absolute Gasteiger partial charge is 0.122 e. The average molecular weight is 302 g/mol. The third kappa shape index (κ3) is 2.22. The molecule has 0 spiro atoms. The zero-order valence-electron chi connectivity index (χ0n) is 8.21. The summed E-state index contributed by atoms with van der Waals surface area (Å²) in [5, 5.41) is 0. The van der Waals surface area contributed by atoms with E-state index < -0.39 is 0 Å². The van der Waals surface area contributed by atoms with Crippen molar-refractivity contribution in [2.75, 3.05) is 11.0 Å². The van der Waals surface area contributed by atoms with Crippen LogP contribution in [-0.4, -0.2) is 11.0 Å². The van der Waals surface area contributed by atoms with Crippen molar-refractivity contribution in [3.63, 3.8) is 0 Å². The summed E-state index contributed by atoms with van der Waals surface area (Å²) in [6.45, 7) is 0.884. The molecule has 1 heterocycles. The molecule has 2 rings (SSSR count). The summed E-state index contributed by atoms with van der Waals surface area (Å²) in [5.41, 5.74) is 1.42. The maximum atomic E-state index is 5.72. The molecule has 1 unspecified atom stereocenters. The largest absolute Gasteiger partial charge is 0.493 e. The van der Waals surface area contributed by atoms with Crippen LogP contribution in [0.3, 0.4) is 0 Å². The summed E-state index contributed by atoms with van der Waals surface area (Å²) in [4.78, 5) is 0. The van der Waals surface area contributed by atoms with Gasteiger partial charge in [-0.2, -0.15) is 0 Å². The molecule has 0 saturated carbocycles. The first-order valence-corrected chi connectivity index (χ1v) is 6.72. The van der Waals surface area contributed by atoms with Crippen LogP contribution < -0.4 is 4.74 Å². The van der Waals surface area contributed by atoms with Crippen LogP contribution in [0, 0.1) is 0 Å². The lowest BCUT2D eigenvalue weighted by atomic mass is 9.92. The lowest BCUT2D eigenvalue weighted by Gasteiger charge is -2.14. The van der Waals surface area contributed by atoms with Crippen molar-refractivity contribution in [2.24, 2.45) is 0 Å². The molecular weight excluding hydrogens is 287 g/mol. The summed E-state index contributed by atoms with van der Waals surface area (Å²) < 4.78 is 6.96. The normalized spacial score (nSPS) is 20.8. The molecule has 14 heavy (non-hydrogen) atoms. The van der Waals surface area contributed by atoms with E-state index in [0.29, 0.717) is 5.92 Å². The number of hydrogen-bond donors (Lipinski definition) is 0. The Bertz CT molecular complexity index is 298. The number of hydrogen-bond acceptors (Lipinski definition) is 1. The fourth-order valence-electron chi connectivity index (χ4n) is 2.05. The predicted octanol–water partition coefficient (Wildman–Crippen LogP) is 3.77. The number of fused-ring (bicyclic) bond motifs is 1. The van der Waals surface area contributed by atoms with E-state index in [-0.39, 0.29) is 0 Å². The van der Waals surface area contributed by atoms with Crippen LogP contribution >= 0.6 is 22.6 Å². The van der Waals surface area contributed by atoms with E-state index in [1.54, 1.807) is 0 Å². The highest BCUT2D eigenvalue weighted by Gasteiger charge is 2.18. The van der Waals surface area contributed by atoms with Gasteiger partial charge in [-0.1, -0.05) is 40.8 Å². The number of rotatable bonds is 2. The Morgan fingerprint density at radius 1 is 1.36 bits per heavy atom. The van der Waals surface area contributed by atoms with E-state index in [2.05, 4.69) is 46.9 Å². The molecule has 1 aliphatic heterocycles. The zero-order chi connectivity index (χ0) is 9.80. The van der Waals surface area contributed by atoms with Crippen molar-refractivity contribution in [1.29, 1.82) is 0 Å². The van der Waals surface area contributed by atoms with Gasteiger partial charge in [-0.05, 0) is 36.8 Å². The quantitative estimate of drug-likeness (QED) is 0.597. The average Bonchev–Trinajstić information content (AvgIpc) is 2.42. The fourth-order valence-corrected chi connectivity index (χ4v) is 2.80. The van der Waals surface area contributed by atoms with E-state index in [1.807, 2.05) is 0 Å². The maximum absolute atomic E-state index is 5.72. The molecule has 2 heteroatoms. The van der Waals surface area contributed by atoms with Crippen LogP contribution in [0.25, 0.3) is 0 Å². The van der Waals surface area contributed by atoms with Gasteiger partial charge in [0.15, 0.2) is 0 Å². The highest BCUT2D eigenvalue weighted by atomic mass is 127. The third-order valence-electron chi connectivity index (χ3n) is 2.77. The Morgan fingerprint density at radius 3 is 3.07 bits per heavy atom. The topological polar surface area (TPSA) is 9.23 Å². The minimum Gasteiger partial charge on any atom is -0.493 e. The number of halogens is 1. The van der Waals surface area contributed by atoms with Crippen LogP contribution in [0.15, 0.2) is 24.3 Å². The zero-order valence-corrected chi connectivity index (χ0v) is 10.4. The van der Waals surface area contributed by atoms with Crippen molar-refractivity contribution in [1.82, 2.24) is 0 Å². The van der Waals surface area contributed by atoms with Gasteiger partial charge in [0, 0.05) is 4.43 Å². The molecule has 1 nitrogen and oxygen atoms in total. The van der Waals surface area contributed by atoms with Gasteiger partial charge in [-0.15, -0.1) is 0 Å². The predicted molar refractivity (Wildman–Crippen MR) is 67.4 cm³/mol. The van der Waals surface area contributed by atoms with Gasteiger partial charge < -0.3 is 4.74 Å². The molecule has 0 N–H and O–H groups in total. The van der Waals surface area contributed by atoms with Gasteiger partial charge in [0.2, 0.25) is 0 Å². The molecule has 0 amide bonds. The molecule has 0 saturated heterocycles. The molecule has 0 radical (unpaired) electrons. The Morgan fingerprint density at radius 2 is 2.21 bits per heavy atom. The third-order valence-corrected chi connectivity index (χ3v) is 3.39. The summed E-state index contributed by atoms with van der Waals surface area (Å²) in [5.74, 6) is 1.82. The van der Waals surface area contributed by atoms with Crippen LogP contribution in [0.1, 0.15) is 30.7 Å². The second-order valence-electron chi connectivity index (χ2n) is 3.70. The molecule has 0 aromatic heterocycles. The second-order valence-corrected chi connectivity index (χ2v) is 4.78. The molecule has 0 aliphatic carbocycles. The standard InChI is InChI=1S/C12H15IO/c13-8-7-10-4-3-9-14-12-6-2-1-5-11(10)12/h1-2,5-6,10H,3-4,7-9H2. The van der Waals surface area contributed by atoms with Crippen LogP contribution in [0.2, 0.25) is 0 Å². The lowest BCUT2D eigenvalue weighted by molar-refractivity contribution is 0.316. The second kappa shape index (κ2) is 5.01. The molecular formula is C12H15IO. The van der Waals surface area contributed by atoms with Crippen molar-refractivity contribution < 1.29 is 4.74 Å². The number of alkyl halides is 1. The minimum atomic E-state index is 0.714. The van der Waals surface area contributed by atoms with Crippen molar-refractivity contribution in [3.05, 3.63) is 29.8 Å². The SMILES string of the molecule is ICCC1CCCOc2ccccc21. The summed E-state index contributed by atoms with van der Waals surface area (Å²) in [6, 6.07) is 8.50. The first-order chi connectivity index (χ1) is 6.92. The Balaban J connectivity index is 2.27. The molecule has 1 aromatic rings. The van der Waals surface area contributed by atoms with Gasteiger partial charge in [0.25, 0.3) is 0 Å². The number of para-hydroxylation sites is 1. The molecule has 76 valence electrons. The first-order valence-electron chi connectivity index (χ1n) is 5.19. The van der Waals surface area contributed by atoms with Gasteiger partial charge in [0.1, 0.15) is 5.75 Å². The van der Waals surface area contributed by atoms with Crippen LogP contribution in [0.4, 0.5) is 0 Å². The minimum absolute atomic E-state index is 0.714. The van der Waals surface area contributed by atoms with Gasteiger partial charge in [-0.25, -0.2) is 0 Å². The number of ether oxygens (including phenoxy) is 1. The van der Waals surface area contributed by atoms with Gasteiger partial charge in [-0.3, -0.25) is 0 Å². The van der Waals surface area contributed by atoms with E-state index in [4.69, 9.17) is 4.74 Å². The molecule has 1 aliphatic rings.